The lowest BCUT2D eigenvalue weighted by atomic mass is 9.77. The van der Waals surface area contributed by atoms with Crippen LogP contribution in [0.4, 0.5) is 17.6 Å². The summed E-state index contributed by atoms with van der Waals surface area (Å²) >= 11 is 0. The van der Waals surface area contributed by atoms with Crippen LogP contribution >= 0.6 is 0 Å². The quantitative estimate of drug-likeness (QED) is 0.232. The Balaban J connectivity index is 1.27. The second-order valence-corrected chi connectivity index (χ2v) is 9.83. The standard InChI is InChI=1S/C26H38F4O/c27-23-17-22(18-24(28)25(23)31-26(29)30)16-15-21-13-11-20(12-14-21)8-4-2-1-3-7-19-9-5-6-10-19/h17-21,26H,1-16H2. The zero-order chi connectivity index (χ0) is 22.1. The molecular weight excluding hydrogens is 404 g/mol. The van der Waals surface area contributed by atoms with Crippen LogP contribution in [0.1, 0.15) is 102 Å². The van der Waals surface area contributed by atoms with Crippen molar-refractivity contribution in [3.63, 3.8) is 0 Å². The lowest BCUT2D eigenvalue weighted by Gasteiger charge is -2.28. The van der Waals surface area contributed by atoms with Crippen LogP contribution in [0.2, 0.25) is 0 Å². The molecule has 2 fully saturated rings. The van der Waals surface area contributed by atoms with Crippen LogP contribution in [-0.2, 0) is 6.42 Å². The Kier molecular flexibility index (Phi) is 9.98. The number of rotatable bonds is 12. The average Bonchev–Trinajstić information content (AvgIpc) is 3.26. The molecule has 3 rings (SSSR count). The molecule has 0 atom stereocenters. The summed E-state index contributed by atoms with van der Waals surface area (Å²) in [6, 6.07) is 2.25. The molecule has 0 saturated heterocycles. The molecule has 0 heterocycles. The maximum atomic E-state index is 13.9. The first kappa shape index (κ1) is 24.4. The molecule has 0 bridgehead atoms. The SMILES string of the molecule is Fc1cc(CCC2CCC(CCCCCCC3CCCC3)CC2)cc(F)c1OC(F)F. The first-order valence-electron chi connectivity index (χ1n) is 12.4. The first-order valence-corrected chi connectivity index (χ1v) is 12.4. The summed E-state index contributed by atoms with van der Waals surface area (Å²) in [5.74, 6) is -0.646. The van der Waals surface area contributed by atoms with Crippen molar-refractivity contribution in [3.05, 3.63) is 29.3 Å². The summed E-state index contributed by atoms with van der Waals surface area (Å²) in [5, 5.41) is 0. The van der Waals surface area contributed by atoms with Gasteiger partial charge < -0.3 is 4.74 Å². The van der Waals surface area contributed by atoms with Gasteiger partial charge in [0.1, 0.15) is 0 Å². The van der Waals surface area contributed by atoms with E-state index in [4.69, 9.17) is 0 Å². The monoisotopic (exact) mass is 442 g/mol. The van der Waals surface area contributed by atoms with Gasteiger partial charge in [0, 0.05) is 0 Å². The fourth-order valence-electron chi connectivity index (χ4n) is 5.66. The van der Waals surface area contributed by atoms with E-state index in [1.54, 1.807) is 0 Å². The lowest BCUT2D eigenvalue weighted by Crippen LogP contribution is -2.15. The maximum Gasteiger partial charge on any atom is 0.387 e. The Bertz CT molecular complexity index is 626. The van der Waals surface area contributed by atoms with Gasteiger partial charge in [0.05, 0.1) is 0 Å². The maximum absolute atomic E-state index is 13.9. The Morgan fingerprint density at radius 1 is 0.710 bits per heavy atom. The summed E-state index contributed by atoms with van der Waals surface area (Å²) < 4.78 is 56.1. The van der Waals surface area contributed by atoms with Crippen molar-refractivity contribution in [2.24, 2.45) is 17.8 Å². The second-order valence-electron chi connectivity index (χ2n) is 9.83. The minimum Gasteiger partial charge on any atom is -0.429 e. The number of hydrogen-bond donors (Lipinski definition) is 0. The molecule has 1 aromatic rings. The molecule has 2 saturated carbocycles. The van der Waals surface area contributed by atoms with E-state index in [9.17, 15) is 17.6 Å². The van der Waals surface area contributed by atoms with Gasteiger partial charge in [-0.25, -0.2) is 8.78 Å². The molecule has 31 heavy (non-hydrogen) atoms. The van der Waals surface area contributed by atoms with Crippen LogP contribution in [0.5, 0.6) is 5.75 Å². The van der Waals surface area contributed by atoms with E-state index in [1.165, 1.54) is 89.9 Å². The van der Waals surface area contributed by atoms with Crippen molar-refractivity contribution in [1.29, 1.82) is 0 Å². The average molecular weight is 443 g/mol. The largest absolute Gasteiger partial charge is 0.429 e. The van der Waals surface area contributed by atoms with Gasteiger partial charge in [0.2, 0.25) is 0 Å². The third-order valence-electron chi connectivity index (χ3n) is 7.52. The fraction of sp³-hybridized carbons (Fsp3) is 0.769. The van der Waals surface area contributed by atoms with Crippen LogP contribution in [0.25, 0.3) is 0 Å². The third kappa shape index (κ3) is 8.31. The van der Waals surface area contributed by atoms with Crippen molar-refractivity contribution in [2.75, 3.05) is 0 Å². The van der Waals surface area contributed by atoms with Crippen LogP contribution in [0.15, 0.2) is 12.1 Å². The Labute approximate surface area is 184 Å². The van der Waals surface area contributed by atoms with Gasteiger partial charge in [-0.15, -0.1) is 0 Å². The minimum absolute atomic E-state index is 0.511. The van der Waals surface area contributed by atoms with Crippen LogP contribution in [0, 0.1) is 29.4 Å². The molecule has 176 valence electrons. The van der Waals surface area contributed by atoms with Gasteiger partial charge in [0.25, 0.3) is 0 Å². The summed E-state index contributed by atoms with van der Waals surface area (Å²) in [6.45, 7) is -3.23. The van der Waals surface area contributed by atoms with E-state index in [2.05, 4.69) is 4.74 Å². The van der Waals surface area contributed by atoms with Crippen molar-refractivity contribution in [1.82, 2.24) is 0 Å². The summed E-state index contributed by atoms with van der Waals surface area (Å²) in [5.41, 5.74) is 0.511. The summed E-state index contributed by atoms with van der Waals surface area (Å²) in [6.07, 6.45) is 20.5. The summed E-state index contributed by atoms with van der Waals surface area (Å²) in [7, 11) is 0. The molecule has 2 aliphatic carbocycles. The number of ether oxygens (including phenoxy) is 1. The van der Waals surface area contributed by atoms with Crippen molar-refractivity contribution in [3.8, 4) is 5.75 Å². The Hall–Kier alpha value is -1.26. The van der Waals surface area contributed by atoms with Gasteiger partial charge in [-0.1, -0.05) is 89.9 Å². The highest BCUT2D eigenvalue weighted by atomic mass is 19.3. The van der Waals surface area contributed by atoms with Crippen molar-refractivity contribution < 1.29 is 22.3 Å². The highest BCUT2D eigenvalue weighted by Crippen LogP contribution is 2.35. The fourth-order valence-corrected chi connectivity index (χ4v) is 5.66. The van der Waals surface area contributed by atoms with E-state index in [0.717, 1.165) is 30.4 Å². The molecule has 0 spiro atoms. The zero-order valence-corrected chi connectivity index (χ0v) is 18.7. The van der Waals surface area contributed by atoms with Crippen molar-refractivity contribution in [2.45, 2.75) is 109 Å². The van der Waals surface area contributed by atoms with Gasteiger partial charge in [-0.2, -0.15) is 8.78 Å². The molecule has 0 amide bonds. The molecular formula is C26H38F4O. The predicted molar refractivity (Wildman–Crippen MR) is 116 cm³/mol. The number of halogens is 4. The van der Waals surface area contributed by atoms with Crippen molar-refractivity contribution >= 4 is 0 Å². The predicted octanol–water partition coefficient (Wildman–Crippen LogP) is 8.84. The molecule has 0 N–H and O–H groups in total. The van der Waals surface area contributed by atoms with E-state index >= 15 is 0 Å². The highest BCUT2D eigenvalue weighted by Gasteiger charge is 2.22. The smallest absolute Gasteiger partial charge is 0.387 e. The molecule has 0 aliphatic heterocycles. The zero-order valence-electron chi connectivity index (χ0n) is 18.7. The van der Waals surface area contributed by atoms with Gasteiger partial charge in [0.15, 0.2) is 17.4 Å². The molecule has 1 nitrogen and oxygen atoms in total. The molecule has 0 aromatic heterocycles. The molecule has 0 unspecified atom stereocenters. The molecule has 1 aromatic carbocycles. The number of hydrogen-bond acceptors (Lipinski definition) is 1. The van der Waals surface area contributed by atoms with Gasteiger partial charge >= 0.3 is 6.61 Å². The number of unbranched alkanes of at least 4 members (excludes halogenated alkanes) is 3. The Morgan fingerprint density at radius 3 is 1.71 bits per heavy atom. The summed E-state index contributed by atoms with van der Waals surface area (Å²) in [4.78, 5) is 0. The van der Waals surface area contributed by atoms with E-state index in [-0.39, 0.29) is 0 Å². The van der Waals surface area contributed by atoms with Gasteiger partial charge in [-0.05, 0) is 48.3 Å². The number of benzene rings is 1. The number of alkyl halides is 2. The van der Waals surface area contributed by atoms with Gasteiger partial charge in [-0.3, -0.25) is 0 Å². The van der Waals surface area contributed by atoms with E-state index < -0.39 is 24.0 Å². The van der Waals surface area contributed by atoms with E-state index in [0.29, 0.717) is 17.9 Å². The highest BCUT2D eigenvalue weighted by molar-refractivity contribution is 5.31. The minimum atomic E-state index is -3.23. The van der Waals surface area contributed by atoms with E-state index in [1.807, 2.05) is 0 Å². The van der Waals surface area contributed by atoms with Crippen LogP contribution in [-0.4, -0.2) is 6.61 Å². The third-order valence-corrected chi connectivity index (χ3v) is 7.52. The van der Waals surface area contributed by atoms with Crippen LogP contribution < -0.4 is 4.74 Å². The Morgan fingerprint density at radius 2 is 1.19 bits per heavy atom. The van der Waals surface area contributed by atoms with Crippen LogP contribution in [0.3, 0.4) is 0 Å². The molecule has 0 radical (unpaired) electrons. The lowest BCUT2D eigenvalue weighted by molar-refractivity contribution is -0.0546. The normalized spacial score (nSPS) is 22.4. The topological polar surface area (TPSA) is 9.23 Å². The second kappa shape index (κ2) is 12.7. The molecule has 2 aliphatic rings. The number of aryl methyl sites for hydroxylation is 1. The first-order chi connectivity index (χ1) is 15.0. The molecule has 5 heteroatoms.